The van der Waals surface area contributed by atoms with E-state index in [2.05, 4.69) is 4.98 Å². The summed E-state index contributed by atoms with van der Waals surface area (Å²) in [4.78, 5) is 58.9. The van der Waals surface area contributed by atoms with E-state index in [0.717, 1.165) is 16.9 Å². The number of imide groups is 1. The van der Waals surface area contributed by atoms with Crippen LogP contribution in [0.15, 0.2) is 52.3 Å². The van der Waals surface area contributed by atoms with Crippen LogP contribution in [-0.2, 0) is 19.1 Å². The fourth-order valence-corrected chi connectivity index (χ4v) is 7.92. The van der Waals surface area contributed by atoms with Crippen LogP contribution in [-0.4, -0.2) is 65.8 Å². The zero-order valence-electron chi connectivity index (χ0n) is 20.8. The molecule has 3 aliphatic heterocycles. The van der Waals surface area contributed by atoms with Crippen molar-refractivity contribution in [3.05, 3.63) is 73.2 Å². The Labute approximate surface area is 237 Å². The summed E-state index contributed by atoms with van der Waals surface area (Å²) < 4.78 is 11.3. The van der Waals surface area contributed by atoms with Crippen molar-refractivity contribution in [1.82, 2.24) is 9.88 Å². The minimum absolute atomic E-state index is 0.180. The summed E-state index contributed by atoms with van der Waals surface area (Å²) in [6.07, 6.45) is 0. The lowest BCUT2D eigenvalue weighted by atomic mass is 9.82. The largest absolute Gasteiger partial charge is 0.483 e. The maximum Gasteiger partial charge on any atom is 0.305 e. The number of hydrogen-bond acceptors (Lipinski definition) is 8. The summed E-state index contributed by atoms with van der Waals surface area (Å²) in [5.74, 6) is -1.96. The second-order valence-corrected chi connectivity index (χ2v) is 12.2. The molecule has 0 saturated carbocycles. The number of aromatic amines is 1. The van der Waals surface area contributed by atoms with E-state index in [4.69, 9.17) is 21.1 Å². The number of fused-ring (bicyclic) bond motifs is 2. The molecule has 0 radical (unpaired) electrons. The number of aromatic nitrogens is 1. The van der Waals surface area contributed by atoms with Gasteiger partial charge in [0, 0.05) is 34.5 Å². The van der Waals surface area contributed by atoms with Crippen molar-refractivity contribution < 1.29 is 23.9 Å². The summed E-state index contributed by atoms with van der Waals surface area (Å²) in [5, 5.41) is 0.213. The Kier molecular flexibility index (Phi) is 7.00. The van der Waals surface area contributed by atoms with Gasteiger partial charge in [0.25, 0.3) is 5.91 Å². The van der Waals surface area contributed by atoms with Crippen molar-refractivity contribution >= 4 is 58.1 Å². The van der Waals surface area contributed by atoms with E-state index in [1.807, 2.05) is 19.1 Å². The number of thioether (sulfide) groups is 1. The van der Waals surface area contributed by atoms with Crippen LogP contribution in [0.5, 0.6) is 5.75 Å². The van der Waals surface area contributed by atoms with E-state index >= 15 is 0 Å². The van der Waals surface area contributed by atoms with Gasteiger partial charge < -0.3 is 19.4 Å². The first-order valence-electron chi connectivity index (χ1n) is 12.4. The molecule has 12 heteroatoms. The number of benzene rings is 2. The number of carbonyl (C=O) groups is 3. The van der Waals surface area contributed by atoms with Gasteiger partial charge >= 0.3 is 4.87 Å². The van der Waals surface area contributed by atoms with Gasteiger partial charge in [0.1, 0.15) is 11.0 Å². The third-order valence-electron chi connectivity index (χ3n) is 7.14. The Morgan fingerprint density at radius 2 is 1.85 bits per heavy atom. The van der Waals surface area contributed by atoms with E-state index in [1.54, 1.807) is 35.2 Å². The average Bonchev–Trinajstić information content (AvgIpc) is 3.43. The smallest absolute Gasteiger partial charge is 0.305 e. The van der Waals surface area contributed by atoms with Crippen molar-refractivity contribution in [1.29, 1.82) is 0 Å². The summed E-state index contributed by atoms with van der Waals surface area (Å²) in [7, 11) is 0. The van der Waals surface area contributed by atoms with Gasteiger partial charge in [-0.1, -0.05) is 52.4 Å². The van der Waals surface area contributed by atoms with Crippen LogP contribution in [0, 0.1) is 12.8 Å². The van der Waals surface area contributed by atoms with Gasteiger partial charge in [-0.2, -0.15) is 0 Å². The highest BCUT2D eigenvalue weighted by molar-refractivity contribution is 8.00. The summed E-state index contributed by atoms with van der Waals surface area (Å²) >= 11 is 8.63. The van der Waals surface area contributed by atoms with E-state index in [-0.39, 0.29) is 29.2 Å². The van der Waals surface area contributed by atoms with Crippen LogP contribution in [0.3, 0.4) is 0 Å². The highest BCUT2D eigenvalue weighted by Gasteiger charge is 2.56. The van der Waals surface area contributed by atoms with Gasteiger partial charge in [0.15, 0.2) is 6.61 Å². The molecule has 3 amide bonds. The number of thiazole rings is 1. The summed E-state index contributed by atoms with van der Waals surface area (Å²) in [5.41, 5.74) is 2.06. The quantitative estimate of drug-likeness (QED) is 0.457. The lowest BCUT2D eigenvalue weighted by Gasteiger charge is -2.31. The predicted molar refractivity (Wildman–Crippen MR) is 148 cm³/mol. The molecular formula is C27H24ClN3O6S2. The minimum atomic E-state index is -0.793. The molecule has 1 N–H and O–H groups in total. The first-order valence-corrected chi connectivity index (χ1v) is 14.5. The normalized spacial score (nSPS) is 22.6. The first-order chi connectivity index (χ1) is 18.8. The molecule has 2 saturated heterocycles. The Hall–Kier alpha value is -3.12. The van der Waals surface area contributed by atoms with Gasteiger partial charge in [0.2, 0.25) is 11.8 Å². The molecule has 39 heavy (non-hydrogen) atoms. The number of H-pyrrole nitrogens is 1. The lowest BCUT2D eigenvalue weighted by Crippen LogP contribution is -2.43. The van der Waals surface area contributed by atoms with Crippen molar-refractivity contribution in [2.24, 2.45) is 5.92 Å². The van der Waals surface area contributed by atoms with Gasteiger partial charge in [-0.15, -0.1) is 0 Å². The van der Waals surface area contributed by atoms with Crippen LogP contribution in [0.1, 0.15) is 21.9 Å². The van der Waals surface area contributed by atoms with Crippen molar-refractivity contribution in [3.8, 4) is 5.75 Å². The Morgan fingerprint density at radius 3 is 2.59 bits per heavy atom. The average molecular weight is 586 g/mol. The minimum Gasteiger partial charge on any atom is -0.483 e. The zero-order valence-corrected chi connectivity index (χ0v) is 23.2. The number of aryl methyl sites for hydroxylation is 1. The van der Waals surface area contributed by atoms with E-state index in [9.17, 15) is 19.2 Å². The fraction of sp³-hybridized carbons (Fsp3) is 0.333. The second-order valence-electron chi connectivity index (χ2n) is 9.56. The van der Waals surface area contributed by atoms with Gasteiger partial charge in [-0.05, 0) is 37.3 Å². The topological polar surface area (TPSA) is 109 Å². The Morgan fingerprint density at radius 1 is 1.10 bits per heavy atom. The monoisotopic (exact) mass is 585 g/mol. The summed E-state index contributed by atoms with van der Waals surface area (Å²) in [6, 6.07) is 12.2. The van der Waals surface area contributed by atoms with E-state index in [1.165, 1.54) is 16.7 Å². The SMILES string of the molecule is Cc1ccc(N2C(=O)C3Sc4[nH]c(=O)sc4C(c4cc(Cl)ccc4OCC(=O)N4CCOCC4)C3C2=O)cc1. The number of nitrogens with one attached hydrogen (secondary N) is 1. The molecule has 6 rings (SSSR count). The van der Waals surface area contributed by atoms with Crippen LogP contribution in [0.4, 0.5) is 5.69 Å². The van der Waals surface area contributed by atoms with E-state index in [0.29, 0.717) is 58.2 Å². The number of ether oxygens (including phenoxy) is 2. The highest BCUT2D eigenvalue weighted by Crippen LogP contribution is 2.54. The summed E-state index contributed by atoms with van der Waals surface area (Å²) in [6.45, 7) is 3.66. The molecule has 3 unspecified atom stereocenters. The highest BCUT2D eigenvalue weighted by atomic mass is 35.5. The number of anilines is 1. The standard InChI is InChI=1S/C27H24ClN3O6S2/c1-14-2-5-16(6-3-14)31-25(33)21-20(22-24(29-27(35)39-22)38-23(21)26(31)34)17-12-15(28)4-7-18(17)37-13-19(32)30-8-10-36-11-9-30/h2-7,12,20-21,23H,8-11,13H2,1H3,(H,29,35). The number of hydrogen-bond donors (Lipinski definition) is 1. The molecule has 2 fully saturated rings. The number of rotatable bonds is 5. The Bertz CT molecular complexity index is 1510. The fourth-order valence-electron chi connectivity index (χ4n) is 5.24. The molecule has 1 aromatic heterocycles. The molecule has 0 spiro atoms. The van der Waals surface area contributed by atoms with Gasteiger partial charge in [-0.25, -0.2) is 4.90 Å². The predicted octanol–water partition coefficient (Wildman–Crippen LogP) is 3.43. The molecule has 3 atom stereocenters. The Balaban J connectivity index is 1.39. The number of amides is 3. The van der Waals surface area contributed by atoms with Crippen LogP contribution >= 0.6 is 34.7 Å². The maximum absolute atomic E-state index is 14.0. The molecule has 9 nitrogen and oxygen atoms in total. The third-order valence-corrected chi connectivity index (χ3v) is 9.77. The van der Waals surface area contributed by atoms with Crippen molar-refractivity contribution in [3.63, 3.8) is 0 Å². The molecule has 3 aliphatic rings. The van der Waals surface area contributed by atoms with Gasteiger partial charge in [0.05, 0.1) is 29.8 Å². The maximum atomic E-state index is 14.0. The number of halogens is 1. The first kappa shape index (κ1) is 26.1. The molecule has 3 aromatic rings. The number of carbonyl (C=O) groups excluding carboxylic acids is 3. The number of nitrogens with zero attached hydrogens (tertiary/aromatic N) is 2. The molecule has 4 heterocycles. The van der Waals surface area contributed by atoms with Crippen LogP contribution < -0.4 is 14.5 Å². The van der Waals surface area contributed by atoms with Crippen LogP contribution in [0.25, 0.3) is 0 Å². The number of morpholine rings is 1. The molecule has 0 bridgehead atoms. The molecular weight excluding hydrogens is 562 g/mol. The van der Waals surface area contributed by atoms with E-state index < -0.39 is 17.1 Å². The molecule has 2 aromatic carbocycles. The third kappa shape index (κ3) is 4.77. The second kappa shape index (κ2) is 10.5. The molecule has 0 aliphatic carbocycles. The van der Waals surface area contributed by atoms with Gasteiger partial charge in [-0.3, -0.25) is 19.2 Å². The van der Waals surface area contributed by atoms with Crippen molar-refractivity contribution in [2.45, 2.75) is 23.1 Å². The zero-order chi connectivity index (χ0) is 27.3. The molecule has 202 valence electrons. The lowest BCUT2D eigenvalue weighted by molar-refractivity contribution is -0.137. The van der Waals surface area contributed by atoms with Crippen LogP contribution in [0.2, 0.25) is 5.02 Å². The van der Waals surface area contributed by atoms with Crippen molar-refractivity contribution in [2.75, 3.05) is 37.8 Å².